The Morgan fingerprint density at radius 3 is 2.38 bits per heavy atom. The molecule has 8 nitrogen and oxygen atoms in total. The molecule has 0 aromatic heterocycles. The summed E-state index contributed by atoms with van der Waals surface area (Å²) in [5.74, 6) is 0.122. The van der Waals surface area contributed by atoms with Crippen LogP contribution in [0, 0.1) is 5.92 Å². The van der Waals surface area contributed by atoms with E-state index >= 15 is 0 Å². The first kappa shape index (κ1) is 21.4. The van der Waals surface area contributed by atoms with Gasteiger partial charge in [0.05, 0.1) is 25.9 Å². The van der Waals surface area contributed by atoms with Gasteiger partial charge in [-0.1, -0.05) is 32.9 Å². The van der Waals surface area contributed by atoms with Crippen molar-refractivity contribution in [2.24, 2.45) is 5.92 Å². The summed E-state index contributed by atoms with van der Waals surface area (Å²) in [6, 6.07) is 6.55. The number of hydrogen-bond acceptors (Lipinski definition) is 5. The summed E-state index contributed by atoms with van der Waals surface area (Å²) in [6.45, 7) is 6.70. The number of nitrogens with one attached hydrogen (secondary N) is 3. The number of hydrogen-bond donors (Lipinski definition) is 3. The first-order valence-corrected chi connectivity index (χ1v) is 8.58. The lowest BCUT2D eigenvalue weighted by atomic mass is 10.2. The SMILES string of the molecule is CCN(CC(=O)NC(=O)NCC(C)C)CC(=O)Nc1ccccc1OC. The summed E-state index contributed by atoms with van der Waals surface area (Å²) in [7, 11) is 1.53. The van der Waals surface area contributed by atoms with Gasteiger partial charge in [-0.25, -0.2) is 4.79 Å². The molecule has 0 fully saturated rings. The third-order valence-corrected chi connectivity index (χ3v) is 3.49. The largest absolute Gasteiger partial charge is 0.495 e. The molecule has 0 saturated heterocycles. The van der Waals surface area contributed by atoms with Crippen molar-refractivity contribution >= 4 is 23.5 Å². The minimum atomic E-state index is -0.529. The second kappa shape index (κ2) is 11.1. The molecule has 0 aliphatic carbocycles. The standard InChI is InChI=1S/C18H28N4O4/c1-5-22(12-17(24)21-18(25)19-10-13(2)3)11-16(23)20-14-8-6-7-9-15(14)26-4/h6-9,13H,5,10-12H2,1-4H3,(H,20,23)(H2,19,21,24,25). The van der Waals surface area contributed by atoms with Gasteiger partial charge in [0, 0.05) is 6.54 Å². The Hall–Kier alpha value is -2.61. The van der Waals surface area contributed by atoms with E-state index in [1.165, 1.54) is 7.11 Å². The van der Waals surface area contributed by atoms with E-state index in [4.69, 9.17) is 4.74 Å². The number of carbonyl (C=O) groups is 3. The highest BCUT2D eigenvalue weighted by molar-refractivity contribution is 5.96. The number of urea groups is 1. The maximum atomic E-state index is 12.2. The minimum absolute atomic E-state index is 0.0234. The quantitative estimate of drug-likeness (QED) is 0.616. The third kappa shape index (κ3) is 7.98. The highest BCUT2D eigenvalue weighted by Crippen LogP contribution is 2.22. The molecule has 0 radical (unpaired) electrons. The van der Waals surface area contributed by atoms with Gasteiger partial charge in [-0.3, -0.25) is 19.8 Å². The maximum absolute atomic E-state index is 12.2. The molecule has 0 spiro atoms. The third-order valence-electron chi connectivity index (χ3n) is 3.49. The fourth-order valence-electron chi connectivity index (χ4n) is 2.13. The smallest absolute Gasteiger partial charge is 0.321 e. The molecule has 3 N–H and O–H groups in total. The van der Waals surface area contributed by atoms with Crippen LogP contribution in [-0.4, -0.2) is 56.0 Å². The highest BCUT2D eigenvalue weighted by atomic mass is 16.5. The van der Waals surface area contributed by atoms with Crippen LogP contribution >= 0.6 is 0 Å². The van der Waals surface area contributed by atoms with Crippen molar-refractivity contribution in [3.63, 3.8) is 0 Å². The number of anilines is 1. The molecule has 0 aliphatic heterocycles. The highest BCUT2D eigenvalue weighted by Gasteiger charge is 2.16. The molecular formula is C18H28N4O4. The summed E-state index contributed by atoms with van der Waals surface area (Å²) in [5, 5.41) is 7.62. The van der Waals surface area contributed by atoms with E-state index in [-0.39, 0.29) is 19.0 Å². The van der Waals surface area contributed by atoms with Crippen LogP contribution in [-0.2, 0) is 9.59 Å². The lowest BCUT2D eigenvalue weighted by molar-refractivity contribution is -0.122. The van der Waals surface area contributed by atoms with Crippen molar-refractivity contribution in [1.82, 2.24) is 15.5 Å². The van der Waals surface area contributed by atoms with Crippen molar-refractivity contribution in [3.05, 3.63) is 24.3 Å². The lowest BCUT2D eigenvalue weighted by Gasteiger charge is -2.19. The zero-order valence-electron chi connectivity index (χ0n) is 15.8. The number of rotatable bonds is 9. The fourth-order valence-corrected chi connectivity index (χ4v) is 2.13. The van der Waals surface area contributed by atoms with Gasteiger partial charge < -0.3 is 15.4 Å². The Morgan fingerprint density at radius 2 is 1.77 bits per heavy atom. The van der Waals surface area contributed by atoms with Gasteiger partial charge in [-0.15, -0.1) is 0 Å². The Balaban J connectivity index is 2.49. The number of methoxy groups -OCH3 is 1. The molecule has 26 heavy (non-hydrogen) atoms. The van der Waals surface area contributed by atoms with Crippen molar-refractivity contribution in [3.8, 4) is 5.75 Å². The molecule has 1 aromatic rings. The zero-order valence-corrected chi connectivity index (χ0v) is 15.8. The molecular weight excluding hydrogens is 336 g/mol. The average molecular weight is 364 g/mol. The van der Waals surface area contributed by atoms with Crippen LogP contribution in [0.3, 0.4) is 0 Å². The lowest BCUT2D eigenvalue weighted by Crippen LogP contribution is -2.46. The van der Waals surface area contributed by atoms with Crippen LogP contribution < -0.4 is 20.7 Å². The van der Waals surface area contributed by atoms with E-state index in [0.717, 1.165) is 0 Å². The van der Waals surface area contributed by atoms with Crippen molar-refractivity contribution in [2.45, 2.75) is 20.8 Å². The van der Waals surface area contributed by atoms with Crippen LogP contribution in [0.1, 0.15) is 20.8 Å². The predicted octanol–water partition coefficient (Wildman–Crippen LogP) is 1.44. The molecule has 8 heteroatoms. The first-order chi connectivity index (χ1) is 12.3. The topological polar surface area (TPSA) is 99.8 Å². The van der Waals surface area contributed by atoms with Crippen LogP contribution in [0.25, 0.3) is 0 Å². The van der Waals surface area contributed by atoms with Crippen LogP contribution in [0.2, 0.25) is 0 Å². The van der Waals surface area contributed by atoms with E-state index in [9.17, 15) is 14.4 Å². The van der Waals surface area contributed by atoms with Crippen LogP contribution in [0.5, 0.6) is 5.75 Å². The Labute approximate surface area is 154 Å². The number of carbonyl (C=O) groups excluding carboxylic acids is 3. The number of benzene rings is 1. The number of para-hydroxylation sites is 2. The number of likely N-dealkylation sites (N-methyl/N-ethyl adjacent to an activating group) is 1. The summed E-state index contributed by atoms with van der Waals surface area (Å²) in [5.41, 5.74) is 0.563. The summed E-state index contributed by atoms with van der Waals surface area (Å²) in [6.07, 6.45) is 0. The van der Waals surface area contributed by atoms with Gasteiger partial charge in [-0.2, -0.15) is 0 Å². The first-order valence-electron chi connectivity index (χ1n) is 8.58. The average Bonchev–Trinajstić information content (AvgIpc) is 2.59. The molecule has 0 unspecified atom stereocenters. The van der Waals surface area contributed by atoms with Gasteiger partial charge in [-0.05, 0) is 24.6 Å². The molecule has 4 amide bonds. The summed E-state index contributed by atoms with van der Waals surface area (Å²) in [4.78, 5) is 37.4. The Bertz CT molecular complexity index is 619. The molecule has 1 aromatic carbocycles. The molecule has 0 atom stereocenters. The van der Waals surface area contributed by atoms with Crippen molar-refractivity contribution in [2.75, 3.05) is 38.6 Å². The van der Waals surface area contributed by atoms with E-state index in [0.29, 0.717) is 30.4 Å². The Morgan fingerprint density at radius 1 is 1.12 bits per heavy atom. The number of amides is 4. The van der Waals surface area contributed by atoms with Crippen LogP contribution in [0.15, 0.2) is 24.3 Å². The van der Waals surface area contributed by atoms with Gasteiger partial charge in [0.15, 0.2) is 0 Å². The van der Waals surface area contributed by atoms with Gasteiger partial charge in [0.2, 0.25) is 11.8 Å². The molecule has 0 bridgehead atoms. The second-order valence-electron chi connectivity index (χ2n) is 6.20. The van der Waals surface area contributed by atoms with E-state index in [2.05, 4.69) is 16.0 Å². The number of nitrogens with zero attached hydrogens (tertiary/aromatic N) is 1. The van der Waals surface area contributed by atoms with E-state index in [1.807, 2.05) is 26.8 Å². The normalized spacial score (nSPS) is 10.5. The molecule has 144 valence electrons. The monoisotopic (exact) mass is 364 g/mol. The predicted molar refractivity (Wildman–Crippen MR) is 100 cm³/mol. The van der Waals surface area contributed by atoms with Crippen molar-refractivity contribution < 1.29 is 19.1 Å². The van der Waals surface area contributed by atoms with Gasteiger partial charge >= 0.3 is 6.03 Å². The van der Waals surface area contributed by atoms with Crippen molar-refractivity contribution in [1.29, 1.82) is 0 Å². The van der Waals surface area contributed by atoms with Gasteiger partial charge in [0.1, 0.15) is 5.75 Å². The van der Waals surface area contributed by atoms with E-state index in [1.54, 1.807) is 23.1 Å². The van der Waals surface area contributed by atoms with E-state index < -0.39 is 11.9 Å². The number of imide groups is 1. The molecule has 1 rings (SSSR count). The maximum Gasteiger partial charge on any atom is 0.321 e. The minimum Gasteiger partial charge on any atom is -0.495 e. The molecule has 0 heterocycles. The summed E-state index contributed by atoms with van der Waals surface area (Å²) >= 11 is 0. The van der Waals surface area contributed by atoms with Crippen LogP contribution in [0.4, 0.5) is 10.5 Å². The molecule has 0 saturated carbocycles. The summed E-state index contributed by atoms with van der Waals surface area (Å²) < 4.78 is 5.19. The van der Waals surface area contributed by atoms with Gasteiger partial charge in [0.25, 0.3) is 0 Å². The Kier molecular flexibility index (Phi) is 9.14. The fraction of sp³-hybridized carbons (Fsp3) is 0.500. The number of ether oxygens (including phenoxy) is 1. The zero-order chi connectivity index (χ0) is 19.5. The second-order valence-corrected chi connectivity index (χ2v) is 6.20. The molecule has 0 aliphatic rings.